The molecular weight excluding hydrogens is 468 g/mol. The van der Waals surface area contributed by atoms with E-state index in [0.717, 1.165) is 19.3 Å². The van der Waals surface area contributed by atoms with Gasteiger partial charge in [0.1, 0.15) is 0 Å². The first kappa shape index (κ1) is 28.9. The number of aliphatic hydroxyl groups excluding tert-OH is 2. The molecule has 2 N–H and O–H groups in total. The summed E-state index contributed by atoms with van der Waals surface area (Å²) in [5, 5.41) is 23.8. The Morgan fingerprint density at radius 3 is 2.16 bits per heavy atom. The maximum Gasteiger partial charge on any atom is 0.0880 e. The third-order valence-corrected chi connectivity index (χ3v) is 14.2. The molecule has 0 bridgehead atoms. The van der Waals surface area contributed by atoms with E-state index >= 15 is 0 Å². The van der Waals surface area contributed by atoms with Crippen LogP contribution in [0.4, 0.5) is 0 Å². The van der Waals surface area contributed by atoms with Gasteiger partial charge in [0.25, 0.3) is 0 Å². The zero-order valence-corrected chi connectivity index (χ0v) is 26.1. The lowest BCUT2D eigenvalue weighted by molar-refractivity contribution is -0.311. The summed E-state index contributed by atoms with van der Waals surface area (Å²) in [5.41, 5.74) is 2.90. The highest BCUT2D eigenvalue weighted by molar-refractivity contribution is 5.24. The molecule has 38 heavy (non-hydrogen) atoms. The molecule has 0 saturated heterocycles. The summed E-state index contributed by atoms with van der Waals surface area (Å²) in [6.45, 7) is 26.3. The van der Waals surface area contributed by atoms with Crippen molar-refractivity contribution in [1.29, 1.82) is 0 Å². The Kier molecular flexibility index (Phi) is 6.98. The third-order valence-electron chi connectivity index (χ3n) is 14.2. The fourth-order valence-electron chi connectivity index (χ4n) is 12.0. The van der Waals surface area contributed by atoms with Crippen LogP contribution in [0, 0.1) is 56.7 Å². The third kappa shape index (κ3) is 3.76. The molecule has 5 rings (SSSR count). The van der Waals surface area contributed by atoms with E-state index in [1.165, 1.54) is 43.3 Å². The van der Waals surface area contributed by atoms with Crippen molar-refractivity contribution in [2.75, 3.05) is 6.61 Å². The van der Waals surface area contributed by atoms with Crippen LogP contribution in [0.2, 0.25) is 0 Å². The van der Waals surface area contributed by atoms with E-state index in [1.807, 2.05) is 0 Å². The molecule has 0 radical (unpaired) electrons. The Morgan fingerprint density at radius 1 is 0.842 bits per heavy atom. The predicted octanol–water partition coefficient (Wildman–Crippen LogP) is 7.96. The minimum absolute atomic E-state index is 0.0323. The second kappa shape index (κ2) is 9.18. The van der Waals surface area contributed by atoms with Crippen molar-refractivity contribution in [3.8, 4) is 0 Å². The number of ether oxygens (including phenoxy) is 1. The van der Waals surface area contributed by atoms with E-state index in [4.69, 9.17) is 4.74 Å². The molecule has 5 aliphatic carbocycles. The number of rotatable bonds is 4. The first-order chi connectivity index (χ1) is 17.5. The van der Waals surface area contributed by atoms with Crippen LogP contribution in [0.5, 0.6) is 0 Å². The number of hydrogen-bond donors (Lipinski definition) is 2. The largest absolute Gasteiger partial charge is 0.393 e. The van der Waals surface area contributed by atoms with E-state index in [-0.39, 0.29) is 51.1 Å². The van der Waals surface area contributed by atoms with Crippen molar-refractivity contribution in [3.63, 3.8) is 0 Å². The van der Waals surface area contributed by atoms with Crippen molar-refractivity contribution < 1.29 is 14.9 Å². The van der Waals surface area contributed by atoms with Gasteiger partial charge in [-0.1, -0.05) is 65.3 Å². The van der Waals surface area contributed by atoms with Crippen LogP contribution in [0.1, 0.15) is 114 Å². The van der Waals surface area contributed by atoms with E-state index in [2.05, 4.69) is 75.0 Å². The summed E-state index contributed by atoms with van der Waals surface area (Å²) in [6, 6.07) is 0. The van der Waals surface area contributed by atoms with Crippen LogP contribution >= 0.6 is 0 Å². The fraction of sp³-hybridized carbons (Fsp3) is 0.886. The van der Waals surface area contributed by atoms with Crippen LogP contribution in [-0.4, -0.2) is 35.1 Å². The van der Waals surface area contributed by atoms with Crippen molar-refractivity contribution in [1.82, 2.24) is 0 Å². The molecule has 216 valence electrons. The summed E-state index contributed by atoms with van der Waals surface area (Å²) in [6.07, 6.45) is 10.4. The fourth-order valence-corrected chi connectivity index (χ4v) is 12.0. The molecule has 3 heteroatoms. The van der Waals surface area contributed by atoms with Gasteiger partial charge < -0.3 is 14.9 Å². The molecular formula is C35H58O3. The minimum atomic E-state index is -0.473. The van der Waals surface area contributed by atoms with Gasteiger partial charge in [-0.2, -0.15) is 0 Å². The summed E-state index contributed by atoms with van der Waals surface area (Å²) < 4.78 is 6.91. The van der Waals surface area contributed by atoms with Gasteiger partial charge in [-0.25, -0.2) is 0 Å². The zero-order valence-electron chi connectivity index (χ0n) is 26.1. The molecule has 5 saturated carbocycles. The Labute approximate surface area is 233 Å². The van der Waals surface area contributed by atoms with E-state index in [1.54, 1.807) is 0 Å². The van der Waals surface area contributed by atoms with Gasteiger partial charge in [-0.3, -0.25) is 0 Å². The van der Waals surface area contributed by atoms with E-state index < -0.39 is 6.10 Å². The standard InChI is InChI=1S/C35H58O3/c1-21(2)14-20-38-29-28(37)27-26-23(22(3)4)11-15-32(26,7)18-19-34(27,9)35(10)17-12-24-31(5,6)25(36)13-16-33(24,8)30(29)35/h14,23-30,36-37H,3,11-13,15-20H2,1-2,4-10H3/t23-,24-,25-,26+,27-,28?,29?,30+,32+,33-,34+,35+/m0/s1. The SMILES string of the molecule is C=C(C)[C@@H]1CC[C@]2(C)CC[C@]3(C)[C@H](C(O)C(OCC=C(C)C)[C@@H]4[C@@]5(C)CC[C@H](O)C(C)(C)[C@@H]5CC[C@]43C)[C@@H]12. The van der Waals surface area contributed by atoms with E-state index in [9.17, 15) is 10.2 Å². The molecule has 2 unspecified atom stereocenters. The average Bonchev–Trinajstić information content (AvgIpc) is 3.17. The Balaban J connectivity index is 1.66. The summed E-state index contributed by atoms with van der Waals surface area (Å²) in [4.78, 5) is 0. The summed E-state index contributed by atoms with van der Waals surface area (Å²) in [5.74, 6) is 1.90. The first-order valence-electron chi connectivity index (χ1n) is 15.8. The number of aliphatic hydroxyl groups is 2. The Bertz CT molecular complexity index is 978. The van der Waals surface area contributed by atoms with Gasteiger partial charge in [-0.05, 0) is 129 Å². The average molecular weight is 527 g/mol. The van der Waals surface area contributed by atoms with Crippen LogP contribution in [0.15, 0.2) is 23.8 Å². The quantitative estimate of drug-likeness (QED) is 0.365. The molecule has 0 aromatic carbocycles. The molecule has 0 aliphatic heterocycles. The van der Waals surface area contributed by atoms with Crippen molar-refractivity contribution in [2.45, 2.75) is 132 Å². The summed E-state index contributed by atoms with van der Waals surface area (Å²) in [7, 11) is 0. The maximum atomic E-state index is 12.7. The monoisotopic (exact) mass is 526 g/mol. The molecule has 12 atom stereocenters. The van der Waals surface area contributed by atoms with Crippen molar-refractivity contribution in [3.05, 3.63) is 23.8 Å². The maximum absolute atomic E-state index is 12.7. The van der Waals surface area contributed by atoms with Gasteiger partial charge in [0.2, 0.25) is 0 Å². The van der Waals surface area contributed by atoms with E-state index in [0.29, 0.717) is 24.4 Å². The molecule has 0 spiro atoms. The molecule has 0 aromatic rings. The summed E-state index contributed by atoms with van der Waals surface area (Å²) >= 11 is 0. The van der Waals surface area contributed by atoms with Gasteiger partial charge >= 0.3 is 0 Å². The lowest BCUT2D eigenvalue weighted by Gasteiger charge is -2.74. The van der Waals surface area contributed by atoms with Gasteiger partial charge in [0, 0.05) is 0 Å². The lowest BCUT2D eigenvalue weighted by atomic mass is 9.31. The molecule has 0 aromatic heterocycles. The topological polar surface area (TPSA) is 49.7 Å². The highest BCUT2D eigenvalue weighted by atomic mass is 16.5. The highest BCUT2D eigenvalue weighted by Gasteiger charge is 2.74. The minimum Gasteiger partial charge on any atom is -0.393 e. The molecule has 5 aliphatic rings. The zero-order chi connectivity index (χ0) is 28.1. The Morgan fingerprint density at radius 2 is 1.53 bits per heavy atom. The Hall–Kier alpha value is -0.640. The number of fused-ring (bicyclic) bond motifs is 7. The molecule has 0 heterocycles. The van der Waals surface area contributed by atoms with Crippen LogP contribution in [0.3, 0.4) is 0 Å². The second-order valence-electron chi connectivity index (χ2n) is 16.6. The van der Waals surface area contributed by atoms with Crippen molar-refractivity contribution >= 4 is 0 Å². The first-order valence-corrected chi connectivity index (χ1v) is 15.8. The van der Waals surface area contributed by atoms with Crippen LogP contribution < -0.4 is 0 Å². The van der Waals surface area contributed by atoms with Crippen molar-refractivity contribution in [2.24, 2.45) is 56.7 Å². The number of hydrogen-bond acceptors (Lipinski definition) is 3. The smallest absolute Gasteiger partial charge is 0.0880 e. The molecule has 3 nitrogen and oxygen atoms in total. The predicted molar refractivity (Wildman–Crippen MR) is 157 cm³/mol. The van der Waals surface area contributed by atoms with Crippen LogP contribution in [-0.2, 0) is 4.74 Å². The second-order valence-corrected chi connectivity index (χ2v) is 16.6. The normalized spacial score (nSPS) is 53.2. The number of allylic oxidation sites excluding steroid dienone is 2. The lowest BCUT2D eigenvalue weighted by Crippen LogP contribution is -2.74. The van der Waals surface area contributed by atoms with Gasteiger partial charge in [-0.15, -0.1) is 0 Å². The highest BCUT2D eigenvalue weighted by Crippen LogP contribution is 2.77. The van der Waals surface area contributed by atoms with Gasteiger partial charge in [0.05, 0.1) is 24.9 Å². The molecule has 0 amide bonds. The van der Waals surface area contributed by atoms with Crippen LogP contribution in [0.25, 0.3) is 0 Å². The van der Waals surface area contributed by atoms with Gasteiger partial charge in [0.15, 0.2) is 0 Å². The molecule has 5 fully saturated rings.